The molecule has 6 rings (SSSR count). The molecule has 0 saturated carbocycles. The van der Waals surface area contributed by atoms with E-state index in [1.165, 1.54) is 11.8 Å². The van der Waals surface area contributed by atoms with Gasteiger partial charge in [0, 0.05) is 27.8 Å². The van der Waals surface area contributed by atoms with Crippen LogP contribution in [0.1, 0.15) is 11.5 Å². The van der Waals surface area contributed by atoms with Crippen LogP contribution in [0.2, 0.25) is 0 Å². The second-order valence-corrected chi connectivity index (χ2v) is 10.7. The molecule has 0 unspecified atom stereocenters. The predicted octanol–water partition coefficient (Wildman–Crippen LogP) is 6.51. The van der Waals surface area contributed by atoms with E-state index in [1.54, 1.807) is 23.4 Å². The van der Waals surface area contributed by atoms with E-state index in [2.05, 4.69) is 15.1 Å². The fourth-order valence-electron chi connectivity index (χ4n) is 4.46. The number of thioether (sulfide) groups is 2. The van der Waals surface area contributed by atoms with Gasteiger partial charge in [-0.3, -0.25) is 9.36 Å². The number of aromatic amines is 1. The van der Waals surface area contributed by atoms with Crippen LogP contribution in [0.15, 0.2) is 104 Å². The number of benzene rings is 3. The van der Waals surface area contributed by atoms with Crippen LogP contribution in [0.4, 0.5) is 0 Å². The second kappa shape index (κ2) is 11.4. The van der Waals surface area contributed by atoms with Gasteiger partial charge in [0.2, 0.25) is 11.7 Å². The highest BCUT2D eigenvalue weighted by Gasteiger charge is 2.19. The molecule has 0 spiro atoms. The molecule has 200 valence electrons. The third-order valence-corrected chi connectivity index (χ3v) is 8.20. The van der Waals surface area contributed by atoms with Gasteiger partial charge in [0.15, 0.2) is 5.16 Å². The highest BCUT2D eigenvalue weighted by molar-refractivity contribution is 7.98. The van der Waals surface area contributed by atoms with E-state index in [1.807, 2.05) is 91.3 Å². The van der Waals surface area contributed by atoms with Crippen molar-refractivity contribution in [1.82, 2.24) is 24.7 Å². The van der Waals surface area contributed by atoms with Gasteiger partial charge < -0.3 is 14.2 Å². The summed E-state index contributed by atoms with van der Waals surface area (Å²) in [5.74, 6) is 2.03. The maximum absolute atomic E-state index is 13.8. The van der Waals surface area contributed by atoms with Crippen molar-refractivity contribution < 1.29 is 9.26 Å². The molecule has 6 aromatic rings. The van der Waals surface area contributed by atoms with Gasteiger partial charge in [-0.15, -0.1) is 11.8 Å². The number of methoxy groups -OCH3 is 1. The highest BCUT2D eigenvalue weighted by atomic mass is 32.2. The van der Waals surface area contributed by atoms with Gasteiger partial charge >= 0.3 is 0 Å². The third-order valence-electron chi connectivity index (χ3n) is 6.50. The quantitative estimate of drug-likeness (QED) is 0.156. The Morgan fingerprint density at radius 1 is 0.950 bits per heavy atom. The summed E-state index contributed by atoms with van der Waals surface area (Å²) in [7, 11) is 1.62. The Kier molecular flexibility index (Phi) is 7.43. The van der Waals surface area contributed by atoms with Crippen molar-refractivity contribution in [3.8, 4) is 28.3 Å². The maximum Gasteiger partial charge on any atom is 0.278 e. The molecule has 0 aliphatic heterocycles. The lowest BCUT2D eigenvalue weighted by Gasteiger charge is -2.14. The number of aromatic nitrogens is 5. The van der Waals surface area contributed by atoms with Crippen molar-refractivity contribution in [2.75, 3.05) is 13.4 Å². The Morgan fingerprint density at radius 2 is 1.73 bits per heavy atom. The van der Waals surface area contributed by atoms with Gasteiger partial charge in [0.05, 0.1) is 19.4 Å². The minimum atomic E-state index is -0.166. The summed E-state index contributed by atoms with van der Waals surface area (Å²) in [5.41, 5.74) is 4.51. The van der Waals surface area contributed by atoms with Crippen molar-refractivity contribution in [2.45, 2.75) is 22.3 Å². The molecule has 0 fully saturated rings. The van der Waals surface area contributed by atoms with Crippen molar-refractivity contribution in [1.29, 1.82) is 0 Å². The van der Waals surface area contributed by atoms with E-state index in [-0.39, 0.29) is 5.56 Å². The monoisotopic (exact) mass is 567 g/mol. The Balaban J connectivity index is 1.37. The molecule has 0 atom stereocenters. The highest BCUT2D eigenvalue weighted by Crippen LogP contribution is 2.30. The zero-order valence-corrected chi connectivity index (χ0v) is 23.5. The number of H-pyrrole nitrogens is 1. The van der Waals surface area contributed by atoms with Crippen LogP contribution in [0.3, 0.4) is 0 Å². The molecule has 0 amide bonds. The van der Waals surface area contributed by atoms with Gasteiger partial charge in [-0.05, 0) is 42.2 Å². The van der Waals surface area contributed by atoms with Crippen molar-refractivity contribution >= 4 is 34.6 Å². The zero-order chi connectivity index (χ0) is 27.5. The van der Waals surface area contributed by atoms with Gasteiger partial charge in [0.25, 0.3) is 5.56 Å². The van der Waals surface area contributed by atoms with E-state index in [0.29, 0.717) is 46.0 Å². The summed E-state index contributed by atoms with van der Waals surface area (Å²) in [4.78, 5) is 27.7. The number of fused-ring (bicyclic) bond motifs is 1. The fourth-order valence-corrected chi connectivity index (χ4v) is 5.70. The molecule has 0 aliphatic rings. The topological polar surface area (TPSA) is 98.8 Å². The molecule has 40 heavy (non-hydrogen) atoms. The van der Waals surface area contributed by atoms with Crippen LogP contribution >= 0.6 is 23.5 Å². The van der Waals surface area contributed by atoms with E-state index < -0.39 is 0 Å². The predicted molar refractivity (Wildman–Crippen MR) is 159 cm³/mol. The Morgan fingerprint density at radius 3 is 2.50 bits per heavy atom. The number of hydrogen-bond acceptors (Lipinski definition) is 8. The van der Waals surface area contributed by atoms with Crippen LogP contribution in [-0.2, 0) is 12.3 Å². The molecule has 0 radical (unpaired) electrons. The first kappa shape index (κ1) is 26.0. The normalized spacial score (nSPS) is 11.2. The molecule has 8 nitrogen and oxygen atoms in total. The van der Waals surface area contributed by atoms with Gasteiger partial charge in [0.1, 0.15) is 16.8 Å². The van der Waals surface area contributed by atoms with Gasteiger partial charge in [-0.25, -0.2) is 4.98 Å². The van der Waals surface area contributed by atoms with Crippen molar-refractivity contribution in [3.05, 3.63) is 107 Å². The van der Waals surface area contributed by atoms with Gasteiger partial charge in [-0.2, -0.15) is 4.98 Å². The van der Waals surface area contributed by atoms with Crippen molar-refractivity contribution in [2.24, 2.45) is 0 Å². The minimum absolute atomic E-state index is 0.166. The molecule has 0 aliphatic carbocycles. The molecule has 0 bridgehead atoms. The lowest BCUT2D eigenvalue weighted by atomic mass is 10.1. The van der Waals surface area contributed by atoms with Gasteiger partial charge in [-0.1, -0.05) is 65.4 Å². The van der Waals surface area contributed by atoms with Crippen molar-refractivity contribution in [3.63, 3.8) is 0 Å². The van der Waals surface area contributed by atoms with Crippen LogP contribution in [0, 0.1) is 0 Å². The summed E-state index contributed by atoms with van der Waals surface area (Å²) in [6.45, 7) is 0.296. The summed E-state index contributed by atoms with van der Waals surface area (Å²) >= 11 is 3.06. The largest absolute Gasteiger partial charge is 0.496 e. The maximum atomic E-state index is 13.8. The number of ether oxygens (including phenoxy) is 1. The van der Waals surface area contributed by atoms with Crippen LogP contribution < -0.4 is 10.3 Å². The van der Waals surface area contributed by atoms with Crippen LogP contribution in [0.25, 0.3) is 33.5 Å². The Bertz CT molecular complexity index is 1830. The molecule has 1 N–H and O–H groups in total. The average molecular weight is 568 g/mol. The molecule has 3 aromatic carbocycles. The van der Waals surface area contributed by atoms with E-state index in [9.17, 15) is 4.79 Å². The summed E-state index contributed by atoms with van der Waals surface area (Å²) in [5, 5.41) is 4.71. The number of nitrogens with zero attached hydrogens (tertiary/aromatic N) is 4. The van der Waals surface area contributed by atoms with Crippen LogP contribution in [0.5, 0.6) is 5.75 Å². The Labute approximate surface area is 238 Å². The number of hydrogen-bond donors (Lipinski definition) is 1. The molecular formula is C30H25N5O3S2. The number of rotatable bonds is 9. The summed E-state index contributed by atoms with van der Waals surface area (Å²) in [6.07, 6.45) is 3.87. The molecule has 3 heterocycles. The summed E-state index contributed by atoms with van der Waals surface area (Å²) < 4.78 is 12.8. The van der Waals surface area contributed by atoms with E-state index in [4.69, 9.17) is 14.2 Å². The molecule has 0 saturated heterocycles. The van der Waals surface area contributed by atoms with E-state index >= 15 is 0 Å². The summed E-state index contributed by atoms with van der Waals surface area (Å²) in [6, 6.07) is 25.6. The minimum Gasteiger partial charge on any atom is -0.496 e. The molecule has 3 aromatic heterocycles. The lowest BCUT2D eigenvalue weighted by molar-refractivity contribution is 0.391. The smallest absolute Gasteiger partial charge is 0.278 e. The third kappa shape index (κ3) is 5.15. The zero-order valence-electron chi connectivity index (χ0n) is 21.8. The van der Waals surface area contributed by atoms with E-state index in [0.717, 1.165) is 27.1 Å². The first-order valence-corrected chi connectivity index (χ1v) is 14.7. The molecule has 10 heteroatoms. The second-order valence-electron chi connectivity index (χ2n) is 8.92. The first-order chi connectivity index (χ1) is 19.6. The average Bonchev–Trinajstić information content (AvgIpc) is 3.66. The van der Waals surface area contributed by atoms with Crippen LogP contribution in [-0.4, -0.2) is 38.0 Å². The fraction of sp³-hybridized carbons (Fsp3) is 0.133. The first-order valence-electron chi connectivity index (χ1n) is 12.5. The number of nitrogens with one attached hydrogen (secondary N) is 1. The SMILES string of the molecule is COc1ccccc1Cn1c(SCc2nc(-c3ccc(SC)cc3)no2)nc2c(-c3ccccc3)c[nH]c2c1=O. The number of para-hydroxylation sites is 1. The molecular weight excluding hydrogens is 542 g/mol. The standard InChI is InChI=1S/C30H25N5O3S2/c1-37-24-11-7-6-10-21(24)17-35-29(36)27-26(23(16-31-27)19-8-4-3-5-9-19)33-30(35)40-18-25-32-28(34-38-25)20-12-14-22(39-2)15-13-20/h3-16,31H,17-18H2,1-2H3. The lowest BCUT2D eigenvalue weighted by Crippen LogP contribution is -2.24. The Hall–Kier alpha value is -4.28.